The van der Waals surface area contributed by atoms with E-state index in [1.54, 1.807) is 23.7 Å². The van der Waals surface area contributed by atoms with Gasteiger partial charge in [-0.2, -0.15) is 0 Å². The number of benzene rings is 1. The van der Waals surface area contributed by atoms with E-state index >= 15 is 0 Å². The second-order valence-electron chi connectivity index (χ2n) is 6.27. The van der Waals surface area contributed by atoms with Crippen LogP contribution in [0, 0.1) is 5.82 Å². The van der Waals surface area contributed by atoms with Crippen molar-refractivity contribution in [2.45, 2.75) is 32.3 Å². The Morgan fingerprint density at radius 3 is 2.67 bits per heavy atom. The lowest BCUT2D eigenvalue weighted by atomic mass is 9.95. The highest BCUT2D eigenvalue weighted by molar-refractivity contribution is 5.86. The van der Waals surface area contributed by atoms with Crippen LogP contribution in [0.15, 0.2) is 36.4 Å². The van der Waals surface area contributed by atoms with Gasteiger partial charge in [0.2, 0.25) is 0 Å². The highest BCUT2D eigenvalue weighted by Gasteiger charge is 2.31. The van der Waals surface area contributed by atoms with Crippen LogP contribution in [0.3, 0.4) is 0 Å². The zero-order valence-corrected chi connectivity index (χ0v) is 16.3. The number of allylic oxidation sites excluding steroid dienone is 1. The average molecular weight is 392 g/mol. The summed E-state index contributed by atoms with van der Waals surface area (Å²) in [4.78, 5) is 13.3. The molecule has 0 aliphatic heterocycles. The van der Waals surface area contributed by atoms with Crippen molar-refractivity contribution < 1.29 is 9.50 Å². The fourth-order valence-corrected chi connectivity index (χ4v) is 2.88. The first-order valence-corrected chi connectivity index (χ1v) is 8.49. The highest BCUT2D eigenvalue weighted by atomic mass is 35.5. The predicted octanol–water partition coefficient (Wildman–Crippen LogP) is 3.74. The topological polar surface area (TPSA) is 89.9 Å². The number of aromatic nitrogens is 4. The molecule has 0 aliphatic rings. The second kappa shape index (κ2) is 8.02. The van der Waals surface area contributed by atoms with E-state index in [1.165, 1.54) is 12.1 Å². The fraction of sp³-hybridized carbons (Fsp3) is 0.316. The first-order valence-electron chi connectivity index (χ1n) is 8.49. The van der Waals surface area contributed by atoms with Gasteiger partial charge in [-0.1, -0.05) is 31.2 Å². The van der Waals surface area contributed by atoms with E-state index in [2.05, 4.69) is 15.0 Å². The predicted molar refractivity (Wildman–Crippen MR) is 107 cm³/mol. The Bertz CT molecular complexity index is 988. The Hall–Kier alpha value is -2.51. The van der Waals surface area contributed by atoms with Gasteiger partial charge in [0.05, 0.1) is 0 Å². The van der Waals surface area contributed by atoms with Crippen molar-refractivity contribution in [1.82, 2.24) is 19.5 Å². The van der Waals surface area contributed by atoms with E-state index in [-0.39, 0.29) is 29.9 Å². The minimum Gasteiger partial charge on any atom is -0.382 e. The number of aliphatic hydroxyl groups is 1. The number of nitrogens with two attached hydrogens (primary N) is 1. The smallest absolute Gasteiger partial charge is 0.166 e. The third-order valence-electron chi connectivity index (χ3n) is 4.52. The van der Waals surface area contributed by atoms with Gasteiger partial charge in [-0.15, -0.1) is 12.4 Å². The van der Waals surface area contributed by atoms with Gasteiger partial charge in [0, 0.05) is 19.0 Å². The molecule has 0 fully saturated rings. The Labute approximate surface area is 163 Å². The molecule has 0 saturated carbocycles. The van der Waals surface area contributed by atoms with Crippen LogP contribution in [0.1, 0.15) is 32.5 Å². The molecule has 2 heterocycles. The maximum absolute atomic E-state index is 13.6. The standard InChI is InChI=1S/C19H22FN5O.ClH/c1-4-6-10-19(26,5-2)18-23-15(21)14-17(24-18)25(3)16(22-14)12-8-7-9-13(20)11-12;/h4,6-9,11,26H,5,10H2,1-3H3,(H2,21,23,24);1H. The summed E-state index contributed by atoms with van der Waals surface area (Å²) in [5.41, 5.74) is 6.43. The summed E-state index contributed by atoms with van der Waals surface area (Å²) < 4.78 is 15.3. The largest absolute Gasteiger partial charge is 0.382 e. The van der Waals surface area contributed by atoms with Crippen molar-refractivity contribution in [3.8, 4) is 11.4 Å². The van der Waals surface area contributed by atoms with E-state index in [0.29, 0.717) is 35.4 Å². The van der Waals surface area contributed by atoms with Gasteiger partial charge in [-0.3, -0.25) is 0 Å². The van der Waals surface area contributed by atoms with Gasteiger partial charge in [-0.25, -0.2) is 19.3 Å². The highest BCUT2D eigenvalue weighted by Crippen LogP contribution is 2.31. The molecule has 0 bridgehead atoms. The maximum atomic E-state index is 13.6. The molecule has 0 spiro atoms. The quantitative estimate of drug-likeness (QED) is 0.646. The van der Waals surface area contributed by atoms with Gasteiger partial charge >= 0.3 is 0 Å². The zero-order chi connectivity index (χ0) is 18.9. The number of nitrogen functional groups attached to an aromatic ring is 1. The van der Waals surface area contributed by atoms with Crippen LogP contribution in [0.4, 0.5) is 10.2 Å². The summed E-state index contributed by atoms with van der Waals surface area (Å²) in [6.45, 7) is 3.76. The number of fused-ring (bicyclic) bond motifs is 1. The Morgan fingerprint density at radius 1 is 1.30 bits per heavy atom. The van der Waals surface area contributed by atoms with Gasteiger partial charge < -0.3 is 15.4 Å². The van der Waals surface area contributed by atoms with E-state index in [4.69, 9.17) is 5.73 Å². The molecule has 144 valence electrons. The molecule has 6 nitrogen and oxygen atoms in total. The van der Waals surface area contributed by atoms with Crippen molar-refractivity contribution in [3.63, 3.8) is 0 Å². The molecule has 3 aromatic rings. The fourth-order valence-electron chi connectivity index (χ4n) is 2.88. The Morgan fingerprint density at radius 2 is 2.04 bits per heavy atom. The number of anilines is 1. The molecule has 3 N–H and O–H groups in total. The minimum atomic E-state index is -1.21. The van der Waals surface area contributed by atoms with Crippen LogP contribution in [0.5, 0.6) is 0 Å². The van der Waals surface area contributed by atoms with Crippen molar-refractivity contribution in [3.05, 3.63) is 48.1 Å². The summed E-state index contributed by atoms with van der Waals surface area (Å²) in [6.07, 6.45) is 4.57. The normalized spacial score (nSPS) is 13.7. The summed E-state index contributed by atoms with van der Waals surface area (Å²) in [5, 5.41) is 10.9. The molecule has 0 saturated heterocycles. The van der Waals surface area contributed by atoms with E-state index in [0.717, 1.165) is 0 Å². The van der Waals surface area contributed by atoms with Crippen LogP contribution < -0.4 is 5.73 Å². The molecule has 8 heteroatoms. The van der Waals surface area contributed by atoms with Gasteiger partial charge in [0.1, 0.15) is 17.2 Å². The number of hydrogen-bond acceptors (Lipinski definition) is 5. The molecule has 1 unspecified atom stereocenters. The molecule has 3 rings (SSSR count). The Kier molecular flexibility index (Phi) is 6.18. The molecule has 27 heavy (non-hydrogen) atoms. The lowest BCUT2D eigenvalue weighted by Crippen LogP contribution is -2.27. The molecule has 2 aromatic heterocycles. The lowest BCUT2D eigenvalue weighted by Gasteiger charge is -2.23. The third kappa shape index (κ3) is 3.79. The molecule has 0 radical (unpaired) electrons. The number of aryl methyl sites for hydroxylation is 1. The monoisotopic (exact) mass is 391 g/mol. The number of halogens is 2. The minimum absolute atomic E-state index is 0. The van der Waals surface area contributed by atoms with E-state index < -0.39 is 5.60 Å². The van der Waals surface area contributed by atoms with Crippen molar-refractivity contribution >= 4 is 29.4 Å². The van der Waals surface area contributed by atoms with Crippen LogP contribution in [0.25, 0.3) is 22.6 Å². The first kappa shape index (κ1) is 20.8. The Balaban J connectivity index is 0.00000261. The van der Waals surface area contributed by atoms with Crippen molar-refractivity contribution in [2.24, 2.45) is 7.05 Å². The second-order valence-corrected chi connectivity index (χ2v) is 6.27. The number of rotatable bonds is 5. The van der Waals surface area contributed by atoms with E-state index in [9.17, 15) is 9.50 Å². The molecule has 1 atom stereocenters. The number of nitrogens with zero attached hydrogens (tertiary/aromatic N) is 4. The summed E-state index contributed by atoms with van der Waals surface area (Å²) in [7, 11) is 1.78. The molecule has 0 aliphatic carbocycles. The lowest BCUT2D eigenvalue weighted by molar-refractivity contribution is 0.0267. The average Bonchev–Trinajstić information content (AvgIpc) is 2.97. The SMILES string of the molecule is CC=CCC(O)(CC)c1nc(N)c2nc(-c3cccc(F)c3)n(C)c2n1.Cl. The van der Waals surface area contributed by atoms with Crippen LogP contribution in [-0.2, 0) is 12.6 Å². The number of hydrogen-bond donors (Lipinski definition) is 2. The van der Waals surface area contributed by atoms with Gasteiger partial charge in [0.25, 0.3) is 0 Å². The van der Waals surface area contributed by atoms with Crippen molar-refractivity contribution in [1.29, 1.82) is 0 Å². The molecule has 0 amide bonds. The zero-order valence-electron chi connectivity index (χ0n) is 15.5. The maximum Gasteiger partial charge on any atom is 0.166 e. The van der Waals surface area contributed by atoms with Gasteiger partial charge in [0.15, 0.2) is 22.8 Å². The summed E-state index contributed by atoms with van der Waals surface area (Å²) >= 11 is 0. The first-order chi connectivity index (χ1) is 12.4. The third-order valence-corrected chi connectivity index (χ3v) is 4.52. The van der Waals surface area contributed by atoms with Crippen molar-refractivity contribution in [2.75, 3.05) is 5.73 Å². The number of imidazole rings is 1. The van der Waals surface area contributed by atoms with Crippen LogP contribution in [-0.4, -0.2) is 24.6 Å². The summed E-state index contributed by atoms with van der Waals surface area (Å²) in [5.74, 6) is 0.639. The van der Waals surface area contributed by atoms with Crippen LogP contribution >= 0.6 is 12.4 Å². The molecule has 1 aromatic carbocycles. The van der Waals surface area contributed by atoms with E-state index in [1.807, 2.05) is 26.0 Å². The van der Waals surface area contributed by atoms with Gasteiger partial charge in [-0.05, 0) is 25.5 Å². The van der Waals surface area contributed by atoms with Crippen LogP contribution in [0.2, 0.25) is 0 Å². The molecular formula is C19H23ClFN5O. The molecular weight excluding hydrogens is 369 g/mol. The summed E-state index contributed by atoms with van der Waals surface area (Å²) in [6, 6.07) is 6.17.